The third-order valence-electron chi connectivity index (χ3n) is 5.50. The number of aryl methyl sites for hydroxylation is 1. The molecule has 1 unspecified atom stereocenters. The van der Waals surface area contributed by atoms with Crippen molar-refractivity contribution in [1.29, 1.82) is 0 Å². The van der Waals surface area contributed by atoms with E-state index in [2.05, 4.69) is 17.2 Å². The van der Waals surface area contributed by atoms with E-state index < -0.39 is 0 Å². The Labute approximate surface area is 197 Å². The number of benzene rings is 1. The number of aromatic nitrogens is 3. The van der Waals surface area contributed by atoms with Gasteiger partial charge >= 0.3 is 0 Å². The van der Waals surface area contributed by atoms with Crippen LogP contribution in [0, 0.1) is 5.92 Å². The number of carbonyl (C=O) groups is 1. The maximum Gasteiger partial charge on any atom is 0.267 e. The van der Waals surface area contributed by atoms with Crippen LogP contribution in [0.4, 0.5) is 5.13 Å². The summed E-state index contributed by atoms with van der Waals surface area (Å²) in [5.41, 5.74) is 2.86. The van der Waals surface area contributed by atoms with Gasteiger partial charge in [-0.25, -0.2) is 9.97 Å². The van der Waals surface area contributed by atoms with Crippen molar-refractivity contribution >= 4 is 55.7 Å². The number of amides is 1. The summed E-state index contributed by atoms with van der Waals surface area (Å²) in [5, 5.41) is 6.66. The summed E-state index contributed by atoms with van der Waals surface area (Å²) in [6, 6.07) is 9.70. The van der Waals surface area contributed by atoms with Crippen molar-refractivity contribution in [3.05, 3.63) is 62.2 Å². The van der Waals surface area contributed by atoms with E-state index in [4.69, 9.17) is 4.98 Å². The maximum absolute atomic E-state index is 13.8. The van der Waals surface area contributed by atoms with Crippen LogP contribution in [0.15, 0.2) is 45.7 Å². The molecule has 0 radical (unpaired) electrons. The van der Waals surface area contributed by atoms with E-state index in [0.717, 1.165) is 40.9 Å². The first-order valence-electron chi connectivity index (χ1n) is 10.5. The highest BCUT2D eigenvalue weighted by molar-refractivity contribution is 7.98. The van der Waals surface area contributed by atoms with Gasteiger partial charge in [0.25, 0.3) is 5.56 Å². The second kappa shape index (κ2) is 8.80. The van der Waals surface area contributed by atoms with Crippen molar-refractivity contribution < 1.29 is 4.79 Å². The molecule has 3 heterocycles. The van der Waals surface area contributed by atoms with Gasteiger partial charge in [0, 0.05) is 22.9 Å². The number of hydrogen-bond acceptors (Lipinski definition) is 7. The van der Waals surface area contributed by atoms with Gasteiger partial charge in [0.1, 0.15) is 4.83 Å². The second-order valence-corrected chi connectivity index (χ2v) is 10.9. The van der Waals surface area contributed by atoms with Crippen LogP contribution in [0.3, 0.4) is 0 Å². The number of thiazole rings is 1. The monoisotopic (exact) mass is 482 g/mol. The molecule has 1 aliphatic rings. The van der Waals surface area contributed by atoms with E-state index in [0.29, 0.717) is 22.0 Å². The summed E-state index contributed by atoms with van der Waals surface area (Å²) in [4.78, 5) is 36.6. The summed E-state index contributed by atoms with van der Waals surface area (Å²) >= 11 is 4.56. The molecule has 0 fully saturated rings. The van der Waals surface area contributed by atoms with Crippen LogP contribution in [-0.4, -0.2) is 20.4 Å². The van der Waals surface area contributed by atoms with Crippen molar-refractivity contribution in [1.82, 2.24) is 14.5 Å². The Bertz CT molecular complexity index is 1360. The number of thioether (sulfide) groups is 1. The fraction of sp³-hybridized carbons (Fsp3) is 0.304. The Balaban J connectivity index is 1.57. The van der Waals surface area contributed by atoms with Crippen LogP contribution in [0.2, 0.25) is 0 Å². The minimum absolute atomic E-state index is 0.00738. The molecule has 4 aromatic rings. The van der Waals surface area contributed by atoms with E-state index in [1.54, 1.807) is 15.9 Å². The lowest BCUT2D eigenvalue weighted by atomic mass is 9.89. The van der Waals surface area contributed by atoms with Gasteiger partial charge in [-0.3, -0.25) is 14.2 Å². The van der Waals surface area contributed by atoms with Crippen LogP contribution >= 0.6 is 34.4 Å². The highest BCUT2D eigenvalue weighted by Gasteiger charge is 2.25. The molecule has 0 aliphatic heterocycles. The number of hydrogen-bond donors (Lipinski definition) is 1. The average Bonchev–Trinajstić information content (AvgIpc) is 3.35. The quantitative estimate of drug-likeness (QED) is 0.309. The highest BCUT2D eigenvalue weighted by atomic mass is 32.2. The van der Waals surface area contributed by atoms with Gasteiger partial charge in [-0.1, -0.05) is 36.9 Å². The number of nitrogens with one attached hydrogen (secondary N) is 1. The SMILES string of the molecule is CC(=O)Nc1nc(CSc2nc3sc4c(c3c(=O)n2-c2ccccc2)CCC(C)C4)cs1. The standard InChI is InChI=1S/C23H22N4O2S3/c1-13-8-9-17-18(10-13)32-20-19(17)21(29)27(16-6-4-3-5-7-16)23(26-20)31-12-15-11-30-22(25-15)24-14(2)28/h3-7,11,13H,8-10,12H2,1-2H3,(H,24,25,28). The second-order valence-electron chi connectivity index (χ2n) is 8.02. The smallest absolute Gasteiger partial charge is 0.267 e. The molecule has 3 aromatic heterocycles. The molecule has 1 aliphatic carbocycles. The first kappa shape index (κ1) is 21.4. The molecule has 1 atom stereocenters. The van der Waals surface area contributed by atoms with Gasteiger partial charge < -0.3 is 5.32 Å². The summed E-state index contributed by atoms with van der Waals surface area (Å²) in [6.07, 6.45) is 3.08. The zero-order valence-corrected chi connectivity index (χ0v) is 20.2. The predicted molar refractivity (Wildman–Crippen MR) is 132 cm³/mol. The lowest BCUT2D eigenvalue weighted by molar-refractivity contribution is -0.114. The zero-order valence-electron chi connectivity index (χ0n) is 17.8. The number of carbonyl (C=O) groups excluding carboxylic acids is 1. The van der Waals surface area contributed by atoms with Crippen LogP contribution < -0.4 is 10.9 Å². The molecule has 5 rings (SSSR count). The van der Waals surface area contributed by atoms with Gasteiger partial charge in [-0.2, -0.15) is 0 Å². The minimum atomic E-state index is -0.139. The fourth-order valence-corrected chi connectivity index (χ4v) is 7.18. The van der Waals surface area contributed by atoms with Crippen molar-refractivity contribution in [2.45, 2.75) is 44.0 Å². The normalized spacial score (nSPS) is 15.6. The topological polar surface area (TPSA) is 76.9 Å². The Morgan fingerprint density at radius 2 is 2.09 bits per heavy atom. The molecule has 0 spiro atoms. The van der Waals surface area contributed by atoms with E-state index >= 15 is 0 Å². The molecule has 1 N–H and O–H groups in total. The summed E-state index contributed by atoms with van der Waals surface area (Å²) in [5.74, 6) is 1.06. The lowest BCUT2D eigenvalue weighted by Gasteiger charge is -2.17. The Morgan fingerprint density at radius 3 is 2.88 bits per heavy atom. The molecular weight excluding hydrogens is 460 g/mol. The molecule has 1 amide bonds. The van der Waals surface area contributed by atoms with Crippen LogP contribution in [0.5, 0.6) is 0 Å². The van der Waals surface area contributed by atoms with E-state index in [9.17, 15) is 9.59 Å². The number of rotatable bonds is 5. The van der Waals surface area contributed by atoms with Crippen molar-refractivity contribution in [2.75, 3.05) is 5.32 Å². The first-order chi connectivity index (χ1) is 15.5. The molecule has 0 saturated heterocycles. The summed E-state index contributed by atoms with van der Waals surface area (Å²) < 4.78 is 1.74. The number of anilines is 1. The van der Waals surface area contributed by atoms with Crippen molar-refractivity contribution in [3.8, 4) is 5.69 Å². The van der Waals surface area contributed by atoms with Crippen molar-refractivity contribution in [3.63, 3.8) is 0 Å². The summed E-state index contributed by atoms with van der Waals surface area (Å²) in [6.45, 7) is 3.74. The van der Waals surface area contributed by atoms with Gasteiger partial charge in [0.05, 0.1) is 16.8 Å². The van der Waals surface area contributed by atoms with Crippen molar-refractivity contribution in [2.24, 2.45) is 5.92 Å². The van der Waals surface area contributed by atoms with Gasteiger partial charge in [-0.15, -0.1) is 22.7 Å². The number of nitrogens with zero attached hydrogens (tertiary/aromatic N) is 3. The molecular formula is C23H22N4O2S3. The average molecular weight is 483 g/mol. The molecule has 0 saturated carbocycles. The summed E-state index contributed by atoms with van der Waals surface area (Å²) in [7, 11) is 0. The Morgan fingerprint density at radius 1 is 1.28 bits per heavy atom. The number of thiophene rings is 1. The highest BCUT2D eigenvalue weighted by Crippen LogP contribution is 2.37. The lowest BCUT2D eigenvalue weighted by Crippen LogP contribution is -2.22. The predicted octanol–water partition coefficient (Wildman–Crippen LogP) is 5.28. The van der Waals surface area contributed by atoms with Crippen LogP contribution in [0.25, 0.3) is 15.9 Å². The molecule has 1 aromatic carbocycles. The van der Waals surface area contributed by atoms with E-state index in [-0.39, 0.29) is 11.5 Å². The Hall–Kier alpha value is -2.49. The van der Waals surface area contributed by atoms with Gasteiger partial charge in [0.15, 0.2) is 10.3 Å². The molecule has 9 heteroatoms. The van der Waals surface area contributed by atoms with E-state index in [1.807, 2.05) is 35.7 Å². The first-order valence-corrected chi connectivity index (χ1v) is 13.1. The number of fused-ring (bicyclic) bond motifs is 3. The molecule has 32 heavy (non-hydrogen) atoms. The molecule has 6 nitrogen and oxygen atoms in total. The number of para-hydroxylation sites is 1. The van der Waals surface area contributed by atoms with Gasteiger partial charge in [0.2, 0.25) is 5.91 Å². The largest absolute Gasteiger partial charge is 0.302 e. The third-order valence-corrected chi connectivity index (χ3v) is 8.42. The fourth-order valence-electron chi connectivity index (χ4n) is 3.99. The third kappa shape index (κ3) is 4.12. The maximum atomic E-state index is 13.8. The minimum Gasteiger partial charge on any atom is -0.302 e. The van der Waals surface area contributed by atoms with E-state index in [1.165, 1.54) is 40.5 Å². The van der Waals surface area contributed by atoms with Crippen LogP contribution in [0.1, 0.15) is 36.4 Å². The van der Waals surface area contributed by atoms with Crippen LogP contribution in [-0.2, 0) is 23.4 Å². The molecule has 164 valence electrons. The molecule has 0 bridgehead atoms. The Kier molecular flexibility index (Phi) is 5.88. The van der Waals surface area contributed by atoms with Gasteiger partial charge in [-0.05, 0) is 42.9 Å². The zero-order chi connectivity index (χ0) is 22.2.